The molecular weight excluding hydrogens is 567 g/mol. The molecule has 230 valence electrons. The number of aromatic hydroxyl groups is 1. The van der Waals surface area contributed by atoms with Crippen molar-refractivity contribution in [1.29, 1.82) is 0 Å². The van der Waals surface area contributed by atoms with Crippen molar-refractivity contribution in [2.24, 2.45) is 0 Å². The molecule has 3 aromatic heterocycles. The molecule has 0 bridgehead atoms. The minimum absolute atomic E-state index is 0.0398. The lowest BCUT2D eigenvalue weighted by Crippen LogP contribution is -2.57. The van der Waals surface area contributed by atoms with Crippen LogP contribution in [0.15, 0.2) is 41.3 Å². The summed E-state index contributed by atoms with van der Waals surface area (Å²) in [6.07, 6.45) is 1.26. The number of ether oxygens (including phenoxy) is 2. The molecule has 1 N–H and O–H groups in total. The van der Waals surface area contributed by atoms with Crippen LogP contribution in [0.25, 0.3) is 28.0 Å². The molecule has 0 saturated carbocycles. The Labute approximate surface area is 253 Å². The molecule has 1 fully saturated rings. The molecule has 5 heterocycles. The van der Waals surface area contributed by atoms with Crippen LogP contribution < -0.4 is 15.3 Å². The number of halogens is 1. The van der Waals surface area contributed by atoms with Crippen molar-refractivity contribution in [3.05, 3.63) is 64.1 Å². The van der Waals surface area contributed by atoms with Crippen molar-refractivity contribution in [3.63, 3.8) is 0 Å². The van der Waals surface area contributed by atoms with Gasteiger partial charge in [-0.3, -0.25) is 4.98 Å². The average Bonchev–Trinajstić information content (AvgIpc) is 3.09. The molecule has 0 aliphatic carbocycles. The number of fused-ring (bicyclic) bond motifs is 2. The van der Waals surface area contributed by atoms with Crippen LogP contribution in [0, 0.1) is 12.7 Å². The first-order valence-electron chi connectivity index (χ1n) is 14.6. The molecule has 0 unspecified atom stereocenters. The normalized spacial score (nSPS) is 16.5. The predicted molar refractivity (Wildman–Crippen MR) is 163 cm³/mol. The van der Waals surface area contributed by atoms with E-state index >= 15 is 4.39 Å². The van der Waals surface area contributed by atoms with Crippen LogP contribution in [-0.4, -0.2) is 73.5 Å². The maximum atomic E-state index is 15.2. The average molecular weight is 603 g/mol. The summed E-state index contributed by atoms with van der Waals surface area (Å²) in [6.45, 7) is 12.4. The van der Waals surface area contributed by atoms with Gasteiger partial charge in [-0.2, -0.15) is 4.98 Å². The van der Waals surface area contributed by atoms with Crippen LogP contribution in [0.4, 0.5) is 15.0 Å². The monoisotopic (exact) mass is 602 g/mol. The summed E-state index contributed by atoms with van der Waals surface area (Å²) in [4.78, 5) is 44.6. The van der Waals surface area contributed by atoms with Crippen LogP contribution >= 0.6 is 0 Å². The molecule has 44 heavy (non-hydrogen) atoms. The van der Waals surface area contributed by atoms with Gasteiger partial charge in [0.25, 0.3) is 0 Å². The van der Waals surface area contributed by atoms with Gasteiger partial charge in [0, 0.05) is 31.9 Å². The van der Waals surface area contributed by atoms with Crippen molar-refractivity contribution in [2.75, 3.05) is 31.1 Å². The van der Waals surface area contributed by atoms with Crippen LogP contribution in [0.5, 0.6) is 11.5 Å². The van der Waals surface area contributed by atoms with Crippen molar-refractivity contribution in [2.45, 2.75) is 59.1 Å². The van der Waals surface area contributed by atoms with Gasteiger partial charge in [-0.1, -0.05) is 19.9 Å². The molecule has 1 atom stereocenters. The molecular formula is C32H35FN6O5. The van der Waals surface area contributed by atoms with Crippen molar-refractivity contribution < 1.29 is 23.8 Å². The lowest BCUT2D eigenvalue weighted by atomic mass is 10.0. The number of hydrogen-bond donors (Lipinski definition) is 1. The second-order valence-corrected chi connectivity index (χ2v) is 12.5. The van der Waals surface area contributed by atoms with E-state index in [4.69, 9.17) is 14.5 Å². The minimum atomic E-state index is -0.674. The highest BCUT2D eigenvalue weighted by molar-refractivity contribution is 5.96. The number of rotatable bonds is 3. The van der Waals surface area contributed by atoms with Gasteiger partial charge in [-0.05, 0) is 57.4 Å². The number of aromatic nitrogens is 4. The third kappa shape index (κ3) is 5.07. The number of piperazine rings is 1. The van der Waals surface area contributed by atoms with E-state index in [1.165, 1.54) is 22.8 Å². The van der Waals surface area contributed by atoms with Gasteiger partial charge >= 0.3 is 11.8 Å². The quantitative estimate of drug-likeness (QED) is 0.347. The largest absolute Gasteiger partial charge is 0.507 e. The number of nitrogens with zero attached hydrogens (tertiary/aromatic N) is 6. The molecule has 4 aromatic rings. The van der Waals surface area contributed by atoms with Gasteiger partial charge in [0.2, 0.25) is 0 Å². The molecule has 1 saturated heterocycles. The van der Waals surface area contributed by atoms with E-state index in [-0.39, 0.29) is 47.8 Å². The summed E-state index contributed by atoms with van der Waals surface area (Å²) in [5.74, 6) is -0.317. The number of hydrogen-bond acceptors (Lipinski definition) is 9. The first kappa shape index (κ1) is 29.3. The second kappa shape index (κ2) is 10.8. The van der Waals surface area contributed by atoms with Crippen molar-refractivity contribution in [3.8, 4) is 28.4 Å². The van der Waals surface area contributed by atoms with Crippen molar-refractivity contribution in [1.82, 2.24) is 24.4 Å². The number of pyridine rings is 2. The lowest BCUT2D eigenvalue weighted by Gasteiger charge is -2.41. The lowest BCUT2D eigenvalue weighted by molar-refractivity contribution is 0.0202. The molecule has 1 aromatic carbocycles. The van der Waals surface area contributed by atoms with E-state index in [1.54, 1.807) is 23.2 Å². The Morgan fingerprint density at radius 3 is 2.66 bits per heavy atom. The summed E-state index contributed by atoms with van der Waals surface area (Å²) in [5, 5.41) is 11.1. The van der Waals surface area contributed by atoms with E-state index in [0.29, 0.717) is 41.4 Å². The molecule has 0 radical (unpaired) electrons. The summed E-state index contributed by atoms with van der Waals surface area (Å²) < 4.78 is 28.5. The van der Waals surface area contributed by atoms with Gasteiger partial charge in [0.15, 0.2) is 5.65 Å². The number of anilines is 1. The molecule has 12 heteroatoms. The van der Waals surface area contributed by atoms with Crippen molar-refractivity contribution >= 4 is 22.9 Å². The Morgan fingerprint density at radius 1 is 1.18 bits per heavy atom. The smallest absolute Gasteiger partial charge is 0.410 e. The SMILES string of the molecule is Cc1ccnc(C(C)C)c1-n1c(=O)nc2c3c(cc(-c4c(O)cccc4F)nc31)OC[C@@H]1CN(C(=O)OC(C)(C)C)CCN21. The third-order valence-corrected chi connectivity index (χ3v) is 7.80. The Hall–Kier alpha value is -4.74. The number of carbonyl (C=O) groups is 1. The van der Waals surface area contributed by atoms with Crippen LogP contribution in [0.2, 0.25) is 0 Å². The zero-order valence-corrected chi connectivity index (χ0v) is 25.6. The summed E-state index contributed by atoms with van der Waals surface area (Å²) >= 11 is 0. The highest BCUT2D eigenvalue weighted by Gasteiger charge is 2.38. The maximum Gasteiger partial charge on any atom is 0.410 e. The summed E-state index contributed by atoms with van der Waals surface area (Å²) in [5.41, 5.74) is 0.928. The van der Waals surface area contributed by atoms with E-state index in [9.17, 15) is 14.7 Å². The van der Waals surface area contributed by atoms with Gasteiger partial charge < -0.3 is 24.4 Å². The van der Waals surface area contributed by atoms with Gasteiger partial charge in [0.05, 0.1) is 28.7 Å². The zero-order chi connectivity index (χ0) is 31.5. The van der Waals surface area contributed by atoms with Crippen LogP contribution in [0.1, 0.15) is 51.8 Å². The number of phenols is 1. The molecule has 11 nitrogen and oxygen atoms in total. The van der Waals surface area contributed by atoms with E-state index in [0.717, 1.165) is 5.56 Å². The van der Waals surface area contributed by atoms with E-state index in [1.807, 2.05) is 46.4 Å². The predicted octanol–water partition coefficient (Wildman–Crippen LogP) is 4.94. The maximum absolute atomic E-state index is 15.2. The Bertz CT molecular complexity index is 1830. The minimum Gasteiger partial charge on any atom is -0.507 e. The topological polar surface area (TPSA) is 123 Å². The summed E-state index contributed by atoms with van der Waals surface area (Å²) in [7, 11) is 0. The standard InChI is InChI=1S/C32H35FN6O5/c1-17(2)26-27(18(3)10-11-34-26)39-29-25-23(14-21(35-29)24-20(33)8-7-9-22(24)40)43-16-19-15-37(31(42)44-32(4,5)6)12-13-38(19)28(25)36-30(39)41/h7-11,14,17,19,40H,12-13,15-16H2,1-6H3/t19-/m0/s1. The molecule has 2 aliphatic rings. The number of phenolic OH excluding ortho intramolecular Hbond substituents is 1. The molecule has 6 rings (SSSR count). The molecule has 2 aliphatic heterocycles. The fraction of sp³-hybridized carbons (Fsp3) is 0.406. The van der Waals surface area contributed by atoms with Crippen LogP contribution in [-0.2, 0) is 4.74 Å². The van der Waals surface area contributed by atoms with Gasteiger partial charge in [0.1, 0.15) is 40.7 Å². The third-order valence-electron chi connectivity index (χ3n) is 7.80. The Morgan fingerprint density at radius 2 is 1.95 bits per heavy atom. The zero-order valence-electron chi connectivity index (χ0n) is 25.6. The Kier molecular flexibility index (Phi) is 7.17. The number of carbonyl (C=O) groups excluding carboxylic acids is 1. The fourth-order valence-electron chi connectivity index (χ4n) is 5.83. The first-order valence-corrected chi connectivity index (χ1v) is 14.6. The van der Waals surface area contributed by atoms with E-state index < -0.39 is 23.2 Å². The first-order chi connectivity index (χ1) is 20.8. The highest BCUT2D eigenvalue weighted by atomic mass is 19.1. The second-order valence-electron chi connectivity index (χ2n) is 12.5. The highest BCUT2D eigenvalue weighted by Crippen LogP contribution is 2.41. The molecule has 1 amide bonds. The Balaban J connectivity index is 1.59. The van der Waals surface area contributed by atoms with Gasteiger partial charge in [-0.15, -0.1) is 0 Å². The fourth-order valence-corrected chi connectivity index (χ4v) is 5.83. The van der Waals surface area contributed by atoms with Crippen LogP contribution in [0.3, 0.4) is 0 Å². The number of benzene rings is 1. The summed E-state index contributed by atoms with van der Waals surface area (Å²) in [6, 6.07) is 7.03. The van der Waals surface area contributed by atoms with E-state index in [2.05, 4.69) is 9.97 Å². The van der Waals surface area contributed by atoms with Gasteiger partial charge in [-0.25, -0.2) is 23.5 Å². The number of amides is 1. The number of aryl methyl sites for hydroxylation is 1. The molecule has 0 spiro atoms.